The molecular weight excluding hydrogens is 248 g/mol. The fourth-order valence-electron chi connectivity index (χ4n) is 1.77. The summed E-state index contributed by atoms with van der Waals surface area (Å²) in [6.07, 6.45) is 6.03. The minimum Gasteiger partial charge on any atom is -0.473 e. The minimum atomic E-state index is 0.116. The Balaban J connectivity index is 1.92. The van der Waals surface area contributed by atoms with Gasteiger partial charge < -0.3 is 10.1 Å². The Hall–Kier alpha value is -2.29. The van der Waals surface area contributed by atoms with Crippen molar-refractivity contribution in [3.63, 3.8) is 0 Å². The number of aromatic nitrogens is 1. The minimum absolute atomic E-state index is 0.116. The number of hydrogen-bond acceptors (Lipinski definition) is 3. The first-order chi connectivity index (χ1) is 9.75. The van der Waals surface area contributed by atoms with Gasteiger partial charge in [0.2, 0.25) is 5.88 Å². The molecule has 1 N–H and O–H groups in total. The van der Waals surface area contributed by atoms with E-state index in [4.69, 9.17) is 4.74 Å². The van der Waals surface area contributed by atoms with Gasteiger partial charge in [-0.25, -0.2) is 4.98 Å². The van der Waals surface area contributed by atoms with E-state index in [0.717, 1.165) is 12.2 Å². The zero-order valence-electron chi connectivity index (χ0n) is 11.9. The predicted octanol–water partition coefficient (Wildman–Crippen LogP) is 3.99. The third-order valence-corrected chi connectivity index (χ3v) is 2.64. The van der Waals surface area contributed by atoms with E-state index in [1.165, 1.54) is 5.56 Å². The lowest BCUT2D eigenvalue weighted by Crippen LogP contribution is -2.10. The van der Waals surface area contributed by atoms with Gasteiger partial charge in [-0.15, -0.1) is 0 Å². The van der Waals surface area contributed by atoms with E-state index in [-0.39, 0.29) is 6.10 Å². The second kappa shape index (κ2) is 7.34. The number of nitrogens with zero attached hydrogens (tertiary/aromatic N) is 1. The van der Waals surface area contributed by atoms with E-state index in [1.54, 1.807) is 6.20 Å². The van der Waals surface area contributed by atoms with Crippen molar-refractivity contribution in [1.82, 2.24) is 4.98 Å². The summed E-state index contributed by atoms with van der Waals surface area (Å²) in [5.41, 5.74) is 2.11. The molecule has 0 aliphatic rings. The van der Waals surface area contributed by atoms with Crippen molar-refractivity contribution in [3.05, 3.63) is 60.3 Å². The van der Waals surface area contributed by atoms with Gasteiger partial charge in [0, 0.05) is 12.7 Å². The van der Waals surface area contributed by atoms with Crippen molar-refractivity contribution in [2.45, 2.75) is 20.0 Å². The number of anilines is 1. The highest BCUT2D eigenvalue weighted by molar-refractivity contribution is 5.54. The molecule has 0 unspecified atom stereocenters. The zero-order valence-corrected chi connectivity index (χ0v) is 11.9. The van der Waals surface area contributed by atoms with Crippen LogP contribution in [0, 0.1) is 0 Å². The molecule has 3 heteroatoms. The molecule has 0 saturated carbocycles. The van der Waals surface area contributed by atoms with Gasteiger partial charge in [0.1, 0.15) is 0 Å². The monoisotopic (exact) mass is 268 g/mol. The number of nitrogens with one attached hydrogen (secondary N) is 1. The van der Waals surface area contributed by atoms with Crippen molar-refractivity contribution < 1.29 is 4.74 Å². The third-order valence-electron chi connectivity index (χ3n) is 2.64. The smallest absolute Gasteiger partial charge is 0.237 e. The van der Waals surface area contributed by atoms with E-state index >= 15 is 0 Å². The maximum atomic E-state index is 5.66. The van der Waals surface area contributed by atoms with Crippen LogP contribution in [0.5, 0.6) is 5.88 Å². The molecule has 0 atom stereocenters. The highest BCUT2D eigenvalue weighted by Gasteiger charge is 2.04. The van der Waals surface area contributed by atoms with E-state index in [1.807, 2.05) is 44.2 Å². The standard InChI is InChI=1S/C17H20N2O/c1-14(2)20-17-16(11-7-13-19-17)18-12-6-10-15-8-4-3-5-9-15/h3-11,13-14,18H,12H2,1-2H3. The summed E-state index contributed by atoms with van der Waals surface area (Å²) in [5, 5.41) is 3.31. The molecule has 0 saturated heterocycles. The van der Waals surface area contributed by atoms with Crippen LogP contribution in [0.2, 0.25) is 0 Å². The maximum absolute atomic E-state index is 5.66. The molecule has 1 heterocycles. The van der Waals surface area contributed by atoms with Crippen LogP contribution in [0.15, 0.2) is 54.7 Å². The number of ether oxygens (including phenoxy) is 1. The van der Waals surface area contributed by atoms with E-state index in [0.29, 0.717) is 5.88 Å². The fraction of sp³-hybridized carbons (Fsp3) is 0.235. The highest BCUT2D eigenvalue weighted by atomic mass is 16.5. The number of hydrogen-bond donors (Lipinski definition) is 1. The molecule has 1 aromatic carbocycles. The SMILES string of the molecule is CC(C)Oc1ncccc1NCC=Cc1ccccc1. The van der Waals surface area contributed by atoms with Crippen molar-refractivity contribution in [1.29, 1.82) is 0 Å². The second-order valence-corrected chi connectivity index (χ2v) is 4.72. The molecule has 0 spiro atoms. The van der Waals surface area contributed by atoms with Crippen LogP contribution in [-0.4, -0.2) is 17.6 Å². The Kier molecular flexibility index (Phi) is 5.18. The van der Waals surface area contributed by atoms with Crippen LogP contribution < -0.4 is 10.1 Å². The van der Waals surface area contributed by atoms with Crippen molar-refractivity contribution >= 4 is 11.8 Å². The van der Waals surface area contributed by atoms with Crippen molar-refractivity contribution in [2.24, 2.45) is 0 Å². The predicted molar refractivity (Wildman–Crippen MR) is 84.0 cm³/mol. The summed E-state index contributed by atoms with van der Waals surface area (Å²) in [4.78, 5) is 4.25. The summed E-state index contributed by atoms with van der Waals surface area (Å²) < 4.78 is 5.66. The molecule has 0 radical (unpaired) electrons. The summed E-state index contributed by atoms with van der Waals surface area (Å²) in [5.74, 6) is 0.649. The van der Waals surface area contributed by atoms with Gasteiger partial charge in [-0.05, 0) is 31.5 Å². The molecule has 2 rings (SSSR count). The first-order valence-electron chi connectivity index (χ1n) is 6.83. The van der Waals surface area contributed by atoms with Gasteiger partial charge in [0.15, 0.2) is 0 Å². The number of rotatable bonds is 6. The Morgan fingerprint density at radius 2 is 1.95 bits per heavy atom. The Bertz CT molecular complexity index is 550. The molecule has 20 heavy (non-hydrogen) atoms. The molecule has 0 fully saturated rings. The molecule has 104 valence electrons. The maximum Gasteiger partial charge on any atom is 0.237 e. The quantitative estimate of drug-likeness (QED) is 0.860. The van der Waals surface area contributed by atoms with Gasteiger partial charge in [0.05, 0.1) is 11.8 Å². The number of pyridine rings is 1. The number of benzene rings is 1. The molecule has 0 aliphatic heterocycles. The summed E-state index contributed by atoms with van der Waals surface area (Å²) in [7, 11) is 0. The Labute approximate surface area is 120 Å². The second-order valence-electron chi connectivity index (χ2n) is 4.72. The normalized spacial score (nSPS) is 10.9. The van der Waals surface area contributed by atoms with Gasteiger partial charge in [-0.2, -0.15) is 0 Å². The molecule has 1 aromatic heterocycles. The van der Waals surface area contributed by atoms with E-state index < -0.39 is 0 Å². The average Bonchev–Trinajstić information content (AvgIpc) is 2.46. The van der Waals surface area contributed by atoms with Crippen molar-refractivity contribution in [3.8, 4) is 5.88 Å². The Morgan fingerprint density at radius 1 is 1.15 bits per heavy atom. The van der Waals surface area contributed by atoms with Crippen LogP contribution in [0.25, 0.3) is 6.08 Å². The van der Waals surface area contributed by atoms with Gasteiger partial charge in [-0.1, -0.05) is 42.5 Å². The molecule has 3 nitrogen and oxygen atoms in total. The zero-order chi connectivity index (χ0) is 14.2. The van der Waals surface area contributed by atoms with Crippen LogP contribution in [0.4, 0.5) is 5.69 Å². The first kappa shape index (κ1) is 14.1. The highest BCUT2D eigenvalue weighted by Crippen LogP contribution is 2.21. The average molecular weight is 268 g/mol. The van der Waals surface area contributed by atoms with E-state index in [2.05, 4.69) is 34.6 Å². The molecular formula is C17H20N2O. The van der Waals surface area contributed by atoms with Crippen LogP contribution >= 0.6 is 0 Å². The van der Waals surface area contributed by atoms with Crippen LogP contribution in [-0.2, 0) is 0 Å². The molecule has 0 amide bonds. The topological polar surface area (TPSA) is 34.1 Å². The third kappa shape index (κ3) is 4.43. The summed E-state index contributed by atoms with van der Waals surface area (Å²) in [6, 6.07) is 14.1. The molecule has 0 aliphatic carbocycles. The lowest BCUT2D eigenvalue weighted by molar-refractivity contribution is 0.234. The lowest BCUT2D eigenvalue weighted by Gasteiger charge is -2.13. The summed E-state index contributed by atoms with van der Waals surface area (Å²) >= 11 is 0. The Morgan fingerprint density at radius 3 is 2.70 bits per heavy atom. The molecule has 0 bridgehead atoms. The van der Waals surface area contributed by atoms with Gasteiger partial charge in [-0.3, -0.25) is 0 Å². The van der Waals surface area contributed by atoms with E-state index in [9.17, 15) is 0 Å². The fourth-order valence-corrected chi connectivity index (χ4v) is 1.77. The van der Waals surface area contributed by atoms with Crippen molar-refractivity contribution in [2.75, 3.05) is 11.9 Å². The summed E-state index contributed by atoms with van der Waals surface area (Å²) in [6.45, 7) is 4.72. The first-order valence-corrected chi connectivity index (χ1v) is 6.83. The largest absolute Gasteiger partial charge is 0.473 e. The molecule has 2 aromatic rings. The lowest BCUT2D eigenvalue weighted by atomic mass is 10.2. The van der Waals surface area contributed by atoms with Crippen LogP contribution in [0.3, 0.4) is 0 Å². The van der Waals surface area contributed by atoms with Crippen LogP contribution in [0.1, 0.15) is 19.4 Å². The van der Waals surface area contributed by atoms with Gasteiger partial charge >= 0.3 is 0 Å². The van der Waals surface area contributed by atoms with Gasteiger partial charge in [0.25, 0.3) is 0 Å².